The summed E-state index contributed by atoms with van der Waals surface area (Å²) in [6.45, 7) is 0. The van der Waals surface area contributed by atoms with E-state index in [4.69, 9.17) is 19.9 Å². The Labute approximate surface area is 323 Å². The second-order valence-electron chi connectivity index (χ2n) is 13.5. The van der Waals surface area contributed by atoms with Crippen molar-refractivity contribution in [3.05, 3.63) is 194 Å². The molecule has 258 valence electrons. The van der Waals surface area contributed by atoms with Gasteiger partial charge in [-0.05, 0) is 101 Å². The van der Waals surface area contributed by atoms with Gasteiger partial charge in [-0.2, -0.15) is 0 Å². The van der Waals surface area contributed by atoms with E-state index in [-0.39, 0.29) is 0 Å². The molecule has 0 saturated carbocycles. The fourth-order valence-corrected chi connectivity index (χ4v) is 8.39. The number of fused-ring (bicyclic) bond motifs is 3. The highest BCUT2D eigenvalue weighted by Crippen LogP contribution is 2.40. The van der Waals surface area contributed by atoms with Gasteiger partial charge in [0.15, 0.2) is 5.82 Å². The van der Waals surface area contributed by atoms with Crippen molar-refractivity contribution in [2.45, 2.75) is 0 Å². The third-order valence-corrected chi connectivity index (χ3v) is 11.1. The molecular weight excluding hydrogens is 689 g/mol. The Kier molecular flexibility index (Phi) is 8.32. The first-order valence-corrected chi connectivity index (χ1v) is 19.1. The van der Waals surface area contributed by atoms with Gasteiger partial charge in [0.25, 0.3) is 0 Å². The van der Waals surface area contributed by atoms with Crippen molar-refractivity contribution in [3.63, 3.8) is 0 Å². The Balaban J connectivity index is 1.19. The van der Waals surface area contributed by atoms with Crippen LogP contribution < -0.4 is 0 Å². The van der Waals surface area contributed by atoms with Crippen LogP contribution in [0.3, 0.4) is 0 Å². The minimum atomic E-state index is 0.661. The van der Waals surface area contributed by atoms with Crippen LogP contribution in [-0.4, -0.2) is 19.9 Å². The maximum atomic E-state index is 5.28. The normalized spacial score (nSPS) is 11.3. The van der Waals surface area contributed by atoms with Crippen molar-refractivity contribution in [2.75, 3.05) is 0 Å². The Hall–Kier alpha value is -7.08. The first-order valence-electron chi connectivity index (χ1n) is 18.3. The summed E-state index contributed by atoms with van der Waals surface area (Å²) in [4.78, 5) is 19.9. The Morgan fingerprint density at radius 1 is 0.291 bits per heavy atom. The predicted octanol–water partition coefficient (Wildman–Crippen LogP) is 13.3. The molecule has 0 radical (unpaired) electrons. The number of thiophene rings is 1. The summed E-state index contributed by atoms with van der Waals surface area (Å²) in [6, 6.07) is 63.7. The molecule has 0 unspecified atom stereocenters. The van der Waals surface area contributed by atoms with Crippen molar-refractivity contribution in [1.82, 2.24) is 19.9 Å². The van der Waals surface area contributed by atoms with Crippen molar-refractivity contribution < 1.29 is 0 Å². The number of hydrogen-bond donors (Lipinski definition) is 0. The van der Waals surface area contributed by atoms with Gasteiger partial charge in [-0.1, -0.05) is 103 Å². The van der Waals surface area contributed by atoms with Crippen molar-refractivity contribution in [3.8, 4) is 78.7 Å². The summed E-state index contributed by atoms with van der Waals surface area (Å²) < 4.78 is 2.58. The number of hydrogen-bond acceptors (Lipinski definition) is 5. The first-order chi connectivity index (χ1) is 27.2. The first kappa shape index (κ1) is 32.6. The molecule has 0 fully saturated rings. The lowest BCUT2D eigenvalue weighted by Gasteiger charge is -2.14. The Bertz CT molecular complexity index is 2900. The third-order valence-electron chi connectivity index (χ3n) is 9.96. The number of aromatic nitrogens is 4. The largest absolute Gasteiger partial charge is 0.256 e. The molecule has 10 aromatic rings. The van der Waals surface area contributed by atoms with Gasteiger partial charge in [-0.25, -0.2) is 9.97 Å². The van der Waals surface area contributed by atoms with Gasteiger partial charge in [0.2, 0.25) is 0 Å². The van der Waals surface area contributed by atoms with Gasteiger partial charge in [0.05, 0.1) is 22.8 Å². The standard InChI is InChI=1S/C50H32N4S/c1-3-13-33(14-4-1)36-25-37(35-21-22-43-42-17-7-8-20-48(42)55-49(43)31-35)27-40(26-36)46-32-47(54-50(53-46)34-15-5-2-6-16-34)41-29-38(44-18-9-11-23-51-44)28-39(30-41)45-19-10-12-24-52-45/h1-32H. The molecule has 4 nitrogen and oxygen atoms in total. The van der Waals surface area contributed by atoms with Crippen LogP contribution in [0, 0.1) is 0 Å². The van der Waals surface area contributed by atoms with Crippen molar-refractivity contribution >= 4 is 31.5 Å². The molecule has 0 amide bonds. The molecule has 0 aliphatic rings. The minimum absolute atomic E-state index is 0.661. The number of pyridine rings is 2. The van der Waals surface area contributed by atoms with E-state index in [1.807, 2.05) is 78.3 Å². The Morgan fingerprint density at radius 3 is 1.40 bits per heavy atom. The maximum Gasteiger partial charge on any atom is 0.160 e. The lowest BCUT2D eigenvalue weighted by molar-refractivity contribution is 1.18. The fraction of sp³-hybridized carbons (Fsp3) is 0. The van der Waals surface area contributed by atoms with Crippen LogP contribution in [0.15, 0.2) is 194 Å². The van der Waals surface area contributed by atoms with Gasteiger partial charge in [0, 0.05) is 60.4 Å². The lowest BCUT2D eigenvalue weighted by Crippen LogP contribution is -1.97. The zero-order valence-corrected chi connectivity index (χ0v) is 30.5. The molecule has 4 heterocycles. The van der Waals surface area contributed by atoms with Gasteiger partial charge >= 0.3 is 0 Å². The van der Waals surface area contributed by atoms with Gasteiger partial charge in [-0.3, -0.25) is 9.97 Å². The van der Waals surface area contributed by atoms with Crippen LogP contribution in [0.1, 0.15) is 0 Å². The van der Waals surface area contributed by atoms with E-state index in [1.54, 1.807) is 0 Å². The summed E-state index contributed by atoms with van der Waals surface area (Å²) in [5.41, 5.74) is 12.9. The Morgan fingerprint density at radius 2 is 0.782 bits per heavy atom. The molecule has 0 atom stereocenters. The van der Waals surface area contributed by atoms with Gasteiger partial charge in [0.1, 0.15) is 0 Å². The lowest BCUT2D eigenvalue weighted by atomic mass is 9.93. The molecule has 10 rings (SSSR count). The fourth-order valence-electron chi connectivity index (χ4n) is 7.24. The zero-order chi connectivity index (χ0) is 36.6. The molecule has 0 bridgehead atoms. The highest BCUT2D eigenvalue weighted by molar-refractivity contribution is 7.25. The maximum absolute atomic E-state index is 5.28. The van der Waals surface area contributed by atoms with Crippen LogP contribution in [0.4, 0.5) is 0 Å². The third kappa shape index (κ3) is 6.48. The summed E-state index contributed by atoms with van der Waals surface area (Å²) >= 11 is 1.84. The topological polar surface area (TPSA) is 51.6 Å². The van der Waals surface area contributed by atoms with Crippen molar-refractivity contribution in [1.29, 1.82) is 0 Å². The SMILES string of the molecule is c1ccc(-c2cc(-c3ccc4c(c3)sc3ccccc34)cc(-c3cc(-c4cc(-c5ccccn5)cc(-c5ccccn5)c4)nc(-c4ccccc4)n3)c2)cc1. The molecule has 4 aromatic heterocycles. The summed E-state index contributed by atoms with van der Waals surface area (Å²) in [6.07, 6.45) is 3.66. The van der Waals surface area contributed by atoms with E-state index >= 15 is 0 Å². The van der Waals surface area contributed by atoms with E-state index in [0.717, 1.165) is 67.3 Å². The van der Waals surface area contributed by atoms with Gasteiger partial charge in [-0.15, -0.1) is 11.3 Å². The van der Waals surface area contributed by atoms with E-state index < -0.39 is 0 Å². The molecule has 0 N–H and O–H groups in total. The van der Waals surface area contributed by atoms with E-state index in [1.165, 1.54) is 25.7 Å². The summed E-state index contributed by atoms with van der Waals surface area (Å²) in [5.74, 6) is 0.661. The van der Waals surface area contributed by atoms with Crippen LogP contribution in [-0.2, 0) is 0 Å². The number of benzene rings is 6. The number of nitrogens with zero attached hydrogens (tertiary/aromatic N) is 4. The average molecular weight is 721 g/mol. The van der Waals surface area contributed by atoms with Gasteiger partial charge < -0.3 is 0 Å². The van der Waals surface area contributed by atoms with E-state index in [0.29, 0.717) is 5.82 Å². The van der Waals surface area contributed by atoms with Crippen LogP contribution in [0.2, 0.25) is 0 Å². The van der Waals surface area contributed by atoms with Crippen LogP contribution in [0.5, 0.6) is 0 Å². The molecular formula is C50H32N4S. The summed E-state index contributed by atoms with van der Waals surface area (Å²) in [5, 5.41) is 2.59. The molecule has 5 heteroatoms. The van der Waals surface area contributed by atoms with E-state index in [2.05, 4.69) is 127 Å². The number of rotatable bonds is 7. The molecule has 0 aliphatic carbocycles. The molecule has 55 heavy (non-hydrogen) atoms. The minimum Gasteiger partial charge on any atom is -0.256 e. The molecule has 0 spiro atoms. The zero-order valence-electron chi connectivity index (χ0n) is 29.7. The monoisotopic (exact) mass is 720 g/mol. The smallest absolute Gasteiger partial charge is 0.160 e. The predicted molar refractivity (Wildman–Crippen MR) is 229 cm³/mol. The quantitative estimate of drug-likeness (QED) is 0.164. The average Bonchev–Trinajstić information content (AvgIpc) is 3.65. The summed E-state index contributed by atoms with van der Waals surface area (Å²) in [7, 11) is 0. The molecule has 0 saturated heterocycles. The van der Waals surface area contributed by atoms with Crippen LogP contribution in [0.25, 0.3) is 98.8 Å². The highest BCUT2D eigenvalue weighted by atomic mass is 32.1. The van der Waals surface area contributed by atoms with Crippen LogP contribution >= 0.6 is 11.3 Å². The molecule has 6 aromatic carbocycles. The second kappa shape index (κ2) is 14.0. The van der Waals surface area contributed by atoms with Crippen molar-refractivity contribution in [2.24, 2.45) is 0 Å². The molecule has 0 aliphatic heterocycles. The highest BCUT2D eigenvalue weighted by Gasteiger charge is 2.16. The van der Waals surface area contributed by atoms with E-state index in [9.17, 15) is 0 Å². The second-order valence-corrected chi connectivity index (χ2v) is 14.6.